The second-order valence-electron chi connectivity index (χ2n) is 5.28. The minimum absolute atomic E-state index is 0.239. The molecular formula is C19H17ClN4O2. The Hall–Kier alpha value is -3.12. The monoisotopic (exact) mass is 368 g/mol. The number of hydrogen-bond acceptors (Lipinski definition) is 5. The molecule has 0 unspecified atom stereocenters. The Bertz CT molecular complexity index is 900. The molecular weight excluding hydrogens is 352 g/mol. The molecule has 1 aromatic heterocycles. The molecule has 3 rings (SSSR count). The number of para-hydroxylation sites is 1. The Balaban J connectivity index is 1.71. The number of halogens is 1. The van der Waals surface area contributed by atoms with Crippen LogP contribution < -0.4 is 15.4 Å². The molecule has 26 heavy (non-hydrogen) atoms. The average Bonchev–Trinajstić information content (AvgIpc) is 2.66. The SMILES string of the molecule is CCOc1ccc(NC(=O)c2ccnc(Nc3ccccc3Cl)n2)cc1. The minimum atomic E-state index is -0.334. The highest BCUT2D eigenvalue weighted by molar-refractivity contribution is 6.33. The number of aromatic nitrogens is 2. The van der Waals surface area contributed by atoms with Gasteiger partial charge in [0.05, 0.1) is 17.3 Å². The Morgan fingerprint density at radius 3 is 2.62 bits per heavy atom. The molecule has 132 valence electrons. The summed E-state index contributed by atoms with van der Waals surface area (Å²) >= 11 is 6.11. The number of nitrogens with one attached hydrogen (secondary N) is 2. The van der Waals surface area contributed by atoms with E-state index in [-0.39, 0.29) is 17.5 Å². The van der Waals surface area contributed by atoms with Crippen molar-refractivity contribution in [2.45, 2.75) is 6.92 Å². The summed E-state index contributed by atoms with van der Waals surface area (Å²) in [7, 11) is 0. The highest BCUT2D eigenvalue weighted by Crippen LogP contribution is 2.23. The van der Waals surface area contributed by atoms with Gasteiger partial charge in [-0.05, 0) is 49.4 Å². The molecule has 0 bridgehead atoms. The van der Waals surface area contributed by atoms with E-state index in [2.05, 4.69) is 20.6 Å². The predicted octanol–water partition coefficient (Wildman–Crippen LogP) is 4.52. The second-order valence-corrected chi connectivity index (χ2v) is 5.69. The van der Waals surface area contributed by atoms with Gasteiger partial charge in [0.15, 0.2) is 0 Å². The lowest BCUT2D eigenvalue weighted by atomic mass is 10.3. The van der Waals surface area contributed by atoms with E-state index in [0.29, 0.717) is 23.0 Å². The maximum absolute atomic E-state index is 12.4. The van der Waals surface area contributed by atoms with Crippen LogP contribution in [0, 0.1) is 0 Å². The van der Waals surface area contributed by atoms with Gasteiger partial charge in [-0.3, -0.25) is 4.79 Å². The maximum Gasteiger partial charge on any atom is 0.274 e. The van der Waals surface area contributed by atoms with Gasteiger partial charge in [0.1, 0.15) is 11.4 Å². The minimum Gasteiger partial charge on any atom is -0.494 e. The van der Waals surface area contributed by atoms with Gasteiger partial charge in [0.25, 0.3) is 5.91 Å². The summed E-state index contributed by atoms with van der Waals surface area (Å²) in [6.45, 7) is 2.51. The van der Waals surface area contributed by atoms with Gasteiger partial charge in [-0.15, -0.1) is 0 Å². The Labute approximate surface area is 156 Å². The molecule has 2 aromatic carbocycles. The summed E-state index contributed by atoms with van der Waals surface area (Å²) in [5, 5.41) is 6.34. The van der Waals surface area contributed by atoms with Crippen molar-refractivity contribution in [3.63, 3.8) is 0 Å². The Morgan fingerprint density at radius 1 is 1.12 bits per heavy atom. The van der Waals surface area contributed by atoms with E-state index in [1.54, 1.807) is 42.5 Å². The molecule has 3 aromatic rings. The zero-order chi connectivity index (χ0) is 18.4. The van der Waals surface area contributed by atoms with Gasteiger partial charge >= 0.3 is 0 Å². The molecule has 0 radical (unpaired) electrons. The number of anilines is 3. The maximum atomic E-state index is 12.4. The first-order chi connectivity index (χ1) is 12.7. The smallest absolute Gasteiger partial charge is 0.274 e. The van der Waals surface area contributed by atoms with Crippen molar-refractivity contribution in [1.29, 1.82) is 0 Å². The highest BCUT2D eigenvalue weighted by atomic mass is 35.5. The number of hydrogen-bond donors (Lipinski definition) is 2. The second kappa shape index (κ2) is 8.31. The van der Waals surface area contributed by atoms with Gasteiger partial charge in [-0.25, -0.2) is 9.97 Å². The molecule has 0 saturated carbocycles. The third kappa shape index (κ3) is 4.49. The van der Waals surface area contributed by atoms with E-state index in [9.17, 15) is 4.79 Å². The van der Waals surface area contributed by atoms with Crippen molar-refractivity contribution in [2.24, 2.45) is 0 Å². The molecule has 7 heteroatoms. The zero-order valence-corrected chi connectivity index (χ0v) is 14.8. The summed E-state index contributed by atoms with van der Waals surface area (Å²) in [5.41, 5.74) is 1.55. The van der Waals surface area contributed by atoms with E-state index in [1.807, 2.05) is 19.1 Å². The summed E-state index contributed by atoms with van der Waals surface area (Å²) in [6.07, 6.45) is 1.51. The predicted molar refractivity (Wildman–Crippen MR) is 102 cm³/mol. The largest absolute Gasteiger partial charge is 0.494 e. The fraction of sp³-hybridized carbons (Fsp3) is 0.105. The van der Waals surface area contributed by atoms with E-state index < -0.39 is 0 Å². The number of rotatable bonds is 6. The molecule has 0 aliphatic rings. The van der Waals surface area contributed by atoms with Gasteiger partial charge in [-0.2, -0.15) is 0 Å². The number of amides is 1. The molecule has 2 N–H and O–H groups in total. The lowest BCUT2D eigenvalue weighted by Crippen LogP contribution is -2.14. The van der Waals surface area contributed by atoms with Gasteiger partial charge in [0.2, 0.25) is 5.95 Å². The third-order valence-electron chi connectivity index (χ3n) is 3.43. The van der Waals surface area contributed by atoms with Crippen LogP contribution in [0.2, 0.25) is 5.02 Å². The number of carbonyl (C=O) groups excluding carboxylic acids is 1. The van der Waals surface area contributed by atoms with Gasteiger partial charge < -0.3 is 15.4 Å². The van der Waals surface area contributed by atoms with Crippen LogP contribution in [-0.4, -0.2) is 22.5 Å². The first-order valence-electron chi connectivity index (χ1n) is 8.04. The third-order valence-corrected chi connectivity index (χ3v) is 3.76. The van der Waals surface area contributed by atoms with Crippen LogP contribution in [0.3, 0.4) is 0 Å². The quantitative estimate of drug-likeness (QED) is 0.668. The topological polar surface area (TPSA) is 76.1 Å². The summed E-state index contributed by atoms with van der Waals surface area (Å²) in [4.78, 5) is 20.8. The summed E-state index contributed by atoms with van der Waals surface area (Å²) in [5.74, 6) is 0.704. The molecule has 1 amide bonds. The standard InChI is InChI=1S/C19H17ClN4O2/c1-2-26-14-9-7-13(8-10-14)22-18(25)17-11-12-21-19(24-17)23-16-6-4-3-5-15(16)20/h3-12H,2H2,1H3,(H,22,25)(H,21,23,24). The molecule has 0 saturated heterocycles. The number of benzene rings is 2. The highest BCUT2D eigenvalue weighted by Gasteiger charge is 2.10. The molecule has 0 atom stereocenters. The fourth-order valence-corrected chi connectivity index (χ4v) is 2.41. The van der Waals surface area contributed by atoms with Crippen LogP contribution in [0.1, 0.15) is 17.4 Å². The van der Waals surface area contributed by atoms with Crippen LogP contribution in [0.4, 0.5) is 17.3 Å². The van der Waals surface area contributed by atoms with Crippen molar-refractivity contribution >= 4 is 34.8 Å². The first kappa shape index (κ1) is 17.7. The molecule has 0 spiro atoms. The zero-order valence-electron chi connectivity index (χ0n) is 14.1. The van der Waals surface area contributed by atoms with Crippen LogP contribution in [0.25, 0.3) is 0 Å². The molecule has 0 aliphatic carbocycles. The molecule has 1 heterocycles. The van der Waals surface area contributed by atoms with E-state index in [1.165, 1.54) is 6.20 Å². The first-order valence-corrected chi connectivity index (χ1v) is 8.42. The number of ether oxygens (including phenoxy) is 1. The van der Waals surface area contributed by atoms with Crippen molar-refractivity contribution in [1.82, 2.24) is 9.97 Å². The van der Waals surface area contributed by atoms with Crippen molar-refractivity contribution < 1.29 is 9.53 Å². The molecule has 6 nitrogen and oxygen atoms in total. The molecule has 0 fully saturated rings. The summed E-state index contributed by atoms with van der Waals surface area (Å²) < 4.78 is 5.38. The van der Waals surface area contributed by atoms with Crippen molar-refractivity contribution in [3.05, 3.63) is 71.5 Å². The number of carbonyl (C=O) groups is 1. The van der Waals surface area contributed by atoms with Crippen LogP contribution in [-0.2, 0) is 0 Å². The average molecular weight is 369 g/mol. The van der Waals surface area contributed by atoms with Gasteiger partial charge in [-0.1, -0.05) is 23.7 Å². The van der Waals surface area contributed by atoms with Crippen molar-refractivity contribution in [3.8, 4) is 5.75 Å². The molecule has 0 aliphatic heterocycles. The van der Waals surface area contributed by atoms with Crippen LogP contribution >= 0.6 is 11.6 Å². The normalized spacial score (nSPS) is 10.2. The summed E-state index contributed by atoms with van der Waals surface area (Å²) in [6, 6.07) is 15.9. The fourth-order valence-electron chi connectivity index (χ4n) is 2.22. The lowest BCUT2D eigenvalue weighted by Gasteiger charge is -2.09. The van der Waals surface area contributed by atoms with Gasteiger partial charge in [0, 0.05) is 11.9 Å². The van der Waals surface area contributed by atoms with E-state index in [0.717, 1.165) is 5.75 Å². The van der Waals surface area contributed by atoms with Crippen LogP contribution in [0.15, 0.2) is 60.8 Å². The van der Waals surface area contributed by atoms with E-state index in [4.69, 9.17) is 16.3 Å². The number of nitrogens with zero attached hydrogens (tertiary/aromatic N) is 2. The lowest BCUT2D eigenvalue weighted by molar-refractivity contribution is 0.102. The Kier molecular flexibility index (Phi) is 5.66. The van der Waals surface area contributed by atoms with Crippen molar-refractivity contribution in [2.75, 3.05) is 17.2 Å². The Morgan fingerprint density at radius 2 is 1.88 bits per heavy atom. The van der Waals surface area contributed by atoms with E-state index >= 15 is 0 Å². The van der Waals surface area contributed by atoms with Crippen LogP contribution in [0.5, 0.6) is 5.75 Å².